The average molecular weight is 138 g/mol. The number of hydrogen-bond acceptors (Lipinski definition) is 1. The van der Waals surface area contributed by atoms with Gasteiger partial charge in [0.1, 0.15) is 20.2 Å². The largest absolute Gasteiger partial charge is 0.468 e. The van der Waals surface area contributed by atoms with E-state index in [9.17, 15) is 0 Å². The molecule has 0 saturated heterocycles. The maximum atomic E-state index is 4.99. The van der Waals surface area contributed by atoms with Crippen molar-refractivity contribution in [1.29, 1.82) is 0 Å². The van der Waals surface area contributed by atoms with Crippen LogP contribution in [0.4, 0.5) is 4.70 Å². The number of rotatable bonds is 3. The second kappa shape index (κ2) is 9.42. The molecule has 0 atom stereocenters. The second-order valence-electron chi connectivity index (χ2n) is 1.07. The van der Waals surface area contributed by atoms with Crippen LogP contribution in [0.2, 0.25) is 6.04 Å². The summed E-state index contributed by atoms with van der Waals surface area (Å²) in [7, 11) is 0.783. The van der Waals surface area contributed by atoms with E-state index < -0.39 is 0 Å². The fraction of sp³-hybridized carbons (Fsp3) is 0.333. The fourth-order valence-corrected chi connectivity index (χ4v) is 1.31. The first kappa shape index (κ1) is 10.1. The molecule has 0 aliphatic carbocycles. The minimum atomic E-state index is -0.135. The van der Waals surface area contributed by atoms with Crippen LogP contribution in [0, 0.1) is 0 Å². The zero-order chi connectivity index (χ0) is 4.83. The summed E-state index contributed by atoms with van der Waals surface area (Å²) in [5, 5.41) is 0. The van der Waals surface area contributed by atoms with E-state index in [4.69, 9.17) is 4.12 Å². The van der Waals surface area contributed by atoms with Crippen LogP contribution in [0.5, 0.6) is 0 Å². The summed E-state index contributed by atoms with van der Waals surface area (Å²) in [4.78, 5) is 0. The van der Waals surface area contributed by atoms with Crippen molar-refractivity contribution in [3.8, 4) is 0 Å². The molecular weight excluding hydrogens is 127 g/mol. The smallest absolute Gasteiger partial charge is 0.149 e. The van der Waals surface area contributed by atoms with E-state index in [-0.39, 0.29) is 14.5 Å². The molecule has 0 N–H and O–H groups in total. The molecule has 0 aromatic heterocycles. The van der Waals surface area contributed by atoms with E-state index in [0.29, 0.717) is 0 Å². The van der Waals surface area contributed by atoms with Crippen molar-refractivity contribution in [2.24, 2.45) is 0 Å². The van der Waals surface area contributed by atoms with Crippen molar-refractivity contribution in [1.82, 2.24) is 0 Å². The molecule has 0 aromatic carbocycles. The summed E-state index contributed by atoms with van der Waals surface area (Å²) in [5.74, 6) is 0. The van der Waals surface area contributed by atoms with Crippen molar-refractivity contribution >= 4 is 20.2 Å². The summed E-state index contributed by atoms with van der Waals surface area (Å²) >= 11 is 0. The van der Waals surface area contributed by atoms with Gasteiger partial charge in [-0.15, -0.1) is 6.58 Å². The monoisotopic (exact) mass is 138 g/mol. The fourth-order valence-electron chi connectivity index (χ4n) is 0.201. The van der Waals surface area contributed by atoms with Crippen molar-refractivity contribution in [2.75, 3.05) is 0 Å². The van der Waals surface area contributed by atoms with Crippen molar-refractivity contribution in [3.63, 3.8) is 0 Å². The molecule has 0 spiro atoms. The SMILES string of the molecule is C=CC[SiH2]O[SiH3].F. The zero-order valence-electron chi connectivity index (χ0n) is 4.52. The lowest BCUT2D eigenvalue weighted by Crippen LogP contribution is -1.89. The van der Waals surface area contributed by atoms with Gasteiger partial charge < -0.3 is 4.12 Å². The highest BCUT2D eigenvalue weighted by Gasteiger charge is 1.72. The Morgan fingerprint density at radius 3 is 2.57 bits per heavy atom. The van der Waals surface area contributed by atoms with E-state index in [2.05, 4.69) is 6.58 Å². The van der Waals surface area contributed by atoms with Gasteiger partial charge in [-0.25, -0.2) is 0 Å². The first-order chi connectivity index (χ1) is 2.91. The predicted octanol–water partition coefficient (Wildman–Crippen LogP) is -0.876. The van der Waals surface area contributed by atoms with E-state index in [1.807, 2.05) is 6.08 Å². The van der Waals surface area contributed by atoms with Gasteiger partial charge in [0.05, 0.1) is 0 Å². The van der Waals surface area contributed by atoms with Crippen LogP contribution in [-0.2, 0) is 4.12 Å². The van der Waals surface area contributed by atoms with Crippen LogP contribution in [0.25, 0.3) is 0 Å². The average Bonchev–Trinajstić information content (AvgIpc) is 1.61. The molecule has 1 nitrogen and oxygen atoms in total. The van der Waals surface area contributed by atoms with Gasteiger partial charge in [-0.1, -0.05) is 6.08 Å². The maximum absolute atomic E-state index is 4.99. The van der Waals surface area contributed by atoms with Gasteiger partial charge in [-0.05, 0) is 6.04 Å². The van der Waals surface area contributed by atoms with Gasteiger partial charge in [-0.2, -0.15) is 0 Å². The Hall–Kier alpha value is 0.0638. The van der Waals surface area contributed by atoms with Gasteiger partial charge in [0, 0.05) is 0 Å². The Morgan fingerprint density at radius 2 is 2.43 bits per heavy atom. The lowest BCUT2D eigenvalue weighted by Gasteiger charge is -1.85. The molecule has 0 bridgehead atoms. The molecule has 0 aliphatic heterocycles. The molecule has 4 heteroatoms. The first-order valence-corrected chi connectivity index (χ1v) is 4.41. The molecule has 7 heavy (non-hydrogen) atoms. The highest BCUT2D eigenvalue weighted by Crippen LogP contribution is 1.74. The molecular formula is C3H11FOSi2. The Morgan fingerprint density at radius 1 is 1.86 bits per heavy atom. The van der Waals surface area contributed by atoms with Gasteiger partial charge in [0.15, 0.2) is 0 Å². The van der Waals surface area contributed by atoms with Crippen LogP contribution in [0.3, 0.4) is 0 Å². The molecule has 44 valence electrons. The zero-order valence-corrected chi connectivity index (χ0v) is 7.93. The van der Waals surface area contributed by atoms with Crippen LogP contribution in [-0.4, -0.2) is 20.2 Å². The molecule has 0 aliphatic rings. The Bertz CT molecular complexity index is 41.9. The van der Waals surface area contributed by atoms with Gasteiger partial charge in [0.2, 0.25) is 0 Å². The minimum absolute atomic E-state index is 0. The van der Waals surface area contributed by atoms with Gasteiger partial charge in [0.25, 0.3) is 0 Å². The Balaban J connectivity index is 0. The molecule has 0 radical (unpaired) electrons. The summed E-state index contributed by atoms with van der Waals surface area (Å²) in [5.41, 5.74) is 0. The lowest BCUT2D eigenvalue weighted by molar-refractivity contribution is 0.666. The predicted molar refractivity (Wildman–Crippen MR) is 37.1 cm³/mol. The Labute approximate surface area is 48.6 Å². The minimum Gasteiger partial charge on any atom is -0.468 e. The third kappa shape index (κ3) is 10.7. The van der Waals surface area contributed by atoms with Crippen molar-refractivity contribution in [2.45, 2.75) is 6.04 Å². The van der Waals surface area contributed by atoms with Crippen molar-refractivity contribution in [3.05, 3.63) is 12.7 Å². The van der Waals surface area contributed by atoms with E-state index in [0.717, 1.165) is 16.5 Å². The summed E-state index contributed by atoms with van der Waals surface area (Å²) < 4.78 is 4.99. The Kier molecular flexibility index (Phi) is 13.6. The van der Waals surface area contributed by atoms with Gasteiger partial charge in [-0.3, -0.25) is 4.70 Å². The van der Waals surface area contributed by atoms with Gasteiger partial charge >= 0.3 is 0 Å². The summed E-state index contributed by atoms with van der Waals surface area (Å²) in [6, 6.07) is 1.13. The third-order valence-corrected chi connectivity index (χ3v) is 2.80. The molecule has 0 heterocycles. The quantitative estimate of drug-likeness (QED) is 0.280. The standard InChI is InChI=1S/C3H10OSi2.FH/c1-2-3-6-4-5;/h2H,1,3,6H2,5H3;1H. The normalized spacial score (nSPS) is 9.14. The van der Waals surface area contributed by atoms with Crippen LogP contribution in [0.1, 0.15) is 0 Å². The highest BCUT2D eigenvalue weighted by molar-refractivity contribution is 6.34. The van der Waals surface area contributed by atoms with Crippen LogP contribution < -0.4 is 0 Å². The molecule has 0 saturated carbocycles. The molecule has 0 unspecified atom stereocenters. The van der Waals surface area contributed by atoms with Crippen LogP contribution in [0.15, 0.2) is 12.7 Å². The van der Waals surface area contributed by atoms with E-state index in [1.54, 1.807) is 0 Å². The number of allylic oxidation sites excluding steroid dienone is 1. The van der Waals surface area contributed by atoms with E-state index in [1.165, 1.54) is 0 Å². The molecule has 0 amide bonds. The summed E-state index contributed by atoms with van der Waals surface area (Å²) in [6.45, 7) is 3.57. The van der Waals surface area contributed by atoms with Crippen molar-refractivity contribution < 1.29 is 8.82 Å². The summed E-state index contributed by atoms with van der Waals surface area (Å²) in [6.07, 6.45) is 1.92. The molecule has 0 rings (SSSR count). The number of hydrogen-bond donors (Lipinski definition) is 0. The lowest BCUT2D eigenvalue weighted by atomic mass is 10.8. The second-order valence-corrected chi connectivity index (χ2v) is 4.37. The third-order valence-electron chi connectivity index (χ3n) is 0.526. The van der Waals surface area contributed by atoms with E-state index >= 15 is 0 Å². The maximum Gasteiger partial charge on any atom is 0.149 e. The molecule has 0 fully saturated rings. The first-order valence-electron chi connectivity index (χ1n) is 2.01. The van der Waals surface area contributed by atoms with Crippen LogP contribution >= 0.6 is 0 Å². The molecule has 0 aromatic rings. The topological polar surface area (TPSA) is 9.23 Å². The number of halogens is 1. The highest BCUT2D eigenvalue weighted by atomic mass is 28.3.